The molecular formula is C10H9N3OS2. The van der Waals surface area contributed by atoms with Gasteiger partial charge in [0.1, 0.15) is 10.4 Å². The summed E-state index contributed by atoms with van der Waals surface area (Å²) in [7, 11) is 0. The molecule has 0 aliphatic carbocycles. The lowest BCUT2D eigenvalue weighted by atomic mass is 10.3. The molecule has 0 aliphatic rings. The van der Waals surface area contributed by atoms with Crippen molar-refractivity contribution >= 4 is 38.6 Å². The van der Waals surface area contributed by atoms with Gasteiger partial charge < -0.3 is 10.3 Å². The predicted molar refractivity (Wildman–Crippen MR) is 66.8 cm³/mol. The van der Waals surface area contributed by atoms with Gasteiger partial charge in [-0.15, -0.1) is 22.7 Å². The molecule has 4 nitrogen and oxygen atoms in total. The number of anilines is 1. The standard InChI is InChI=1S/C10H9N3OS2/c1-2-6-7(11)9-10(16-6)8(13-14-9)5-3-15-4-12-5/h3-4H,2,11H2,1H3. The molecule has 0 unspecified atom stereocenters. The number of aromatic nitrogens is 2. The van der Waals surface area contributed by atoms with Gasteiger partial charge in [0.2, 0.25) is 5.58 Å². The molecule has 3 aromatic heterocycles. The van der Waals surface area contributed by atoms with Crippen molar-refractivity contribution in [2.45, 2.75) is 13.3 Å². The van der Waals surface area contributed by atoms with E-state index < -0.39 is 0 Å². The van der Waals surface area contributed by atoms with E-state index in [1.807, 2.05) is 5.38 Å². The molecule has 3 aromatic rings. The molecule has 16 heavy (non-hydrogen) atoms. The summed E-state index contributed by atoms with van der Waals surface area (Å²) in [5.41, 5.74) is 10.8. The molecule has 0 atom stereocenters. The van der Waals surface area contributed by atoms with Crippen molar-refractivity contribution in [3.8, 4) is 11.4 Å². The lowest BCUT2D eigenvalue weighted by molar-refractivity contribution is 0.460. The van der Waals surface area contributed by atoms with Gasteiger partial charge in [-0.05, 0) is 6.42 Å². The van der Waals surface area contributed by atoms with Crippen molar-refractivity contribution in [2.24, 2.45) is 0 Å². The lowest BCUT2D eigenvalue weighted by Crippen LogP contribution is -1.85. The maximum atomic E-state index is 5.98. The van der Waals surface area contributed by atoms with Gasteiger partial charge >= 0.3 is 0 Å². The van der Waals surface area contributed by atoms with Crippen LogP contribution in [0.15, 0.2) is 15.4 Å². The van der Waals surface area contributed by atoms with Gasteiger partial charge in [0.25, 0.3) is 0 Å². The normalized spacial score (nSPS) is 11.3. The quantitative estimate of drug-likeness (QED) is 0.759. The molecule has 0 aliphatic heterocycles. The highest BCUT2D eigenvalue weighted by molar-refractivity contribution is 7.20. The number of rotatable bonds is 2. The molecule has 3 heterocycles. The van der Waals surface area contributed by atoms with Crippen molar-refractivity contribution in [1.82, 2.24) is 10.1 Å². The van der Waals surface area contributed by atoms with Gasteiger partial charge in [0.05, 0.1) is 11.2 Å². The SMILES string of the molecule is CCc1sc2c(-c3cscn3)noc2c1N. The highest BCUT2D eigenvalue weighted by atomic mass is 32.1. The van der Waals surface area contributed by atoms with E-state index in [2.05, 4.69) is 17.1 Å². The van der Waals surface area contributed by atoms with E-state index in [4.69, 9.17) is 10.3 Å². The highest BCUT2D eigenvalue weighted by Gasteiger charge is 2.19. The van der Waals surface area contributed by atoms with Gasteiger partial charge in [-0.3, -0.25) is 0 Å². The maximum absolute atomic E-state index is 5.98. The van der Waals surface area contributed by atoms with E-state index in [0.717, 1.165) is 33.1 Å². The summed E-state index contributed by atoms with van der Waals surface area (Å²) in [4.78, 5) is 5.38. The van der Waals surface area contributed by atoms with Gasteiger partial charge in [-0.1, -0.05) is 12.1 Å². The van der Waals surface area contributed by atoms with E-state index in [0.29, 0.717) is 5.58 Å². The molecule has 0 aromatic carbocycles. The Hall–Kier alpha value is -1.40. The molecule has 0 spiro atoms. The zero-order valence-electron chi connectivity index (χ0n) is 8.56. The molecule has 0 fully saturated rings. The Balaban J connectivity index is 2.28. The molecule has 0 amide bonds. The van der Waals surface area contributed by atoms with Gasteiger partial charge in [0, 0.05) is 10.3 Å². The summed E-state index contributed by atoms with van der Waals surface area (Å²) in [6, 6.07) is 0. The first kappa shape index (κ1) is 9.80. The van der Waals surface area contributed by atoms with Crippen LogP contribution in [0, 0.1) is 0 Å². The summed E-state index contributed by atoms with van der Waals surface area (Å²) in [5.74, 6) is 0. The van der Waals surface area contributed by atoms with Crippen molar-refractivity contribution in [1.29, 1.82) is 0 Å². The van der Waals surface area contributed by atoms with Crippen LogP contribution < -0.4 is 5.73 Å². The summed E-state index contributed by atoms with van der Waals surface area (Å²) in [6.07, 6.45) is 0.914. The van der Waals surface area contributed by atoms with Crippen LogP contribution in [0.2, 0.25) is 0 Å². The third-order valence-electron chi connectivity index (χ3n) is 2.42. The summed E-state index contributed by atoms with van der Waals surface area (Å²) in [5, 5.41) is 5.99. The van der Waals surface area contributed by atoms with Crippen LogP contribution >= 0.6 is 22.7 Å². The Bertz CT molecular complexity index is 624. The second-order valence-corrected chi connectivity index (χ2v) is 5.18. The zero-order chi connectivity index (χ0) is 11.1. The van der Waals surface area contributed by atoms with Crippen LogP contribution in [0.1, 0.15) is 11.8 Å². The minimum absolute atomic E-state index is 0.699. The van der Waals surface area contributed by atoms with E-state index in [-0.39, 0.29) is 0 Å². The second kappa shape index (κ2) is 3.57. The van der Waals surface area contributed by atoms with Gasteiger partial charge in [-0.25, -0.2) is 4.98 Å². The molecule has 6 heteroatoms. The predicted octanol–water partition coefficient (Wildman–Crippen LogP) is 3.16. The Morgan fingerprint density at radius 1 is 1.50 bits per heavy atom. The monoisotopic (exact) mass is 251 g/mol. The van der Waals surface area contributed by atoms with Gasteiger partial charge in [-0.2, -0.15) is 0 Å². The Morgan fingerprint density at radius 3 is 3.06 bits per heavy atom. The maximum Gasteiger partial charge on any atom is 0.201 e. The van der Waals surface area contributed by atoms with E-state index >= 15 is 0 Å². The van der Waals surface area contributed by atoms with Crippen LogP contribution in [0.3, 0.4) is 0 Å². The largest absolute Gasteiger partial charge is 0.395 e. The first-order chi connectivity index (χ1) is 7.81. The molecule has 0 radical (unpaired) electrons. The number of nitrogens with zero attached hydrogens (tertiary/aromatic N) is 2. The van der Waals surface area contributed by atoms with E-state index in [9.17, 15) is 0 Å². The number of hydrogen-bond donors (Lipinski definition) is 1. The smallest absolute Gasteiger partial charge is 0.201 e. The molecular weight excluding hydrogens is 242 g/mol. The second-order valence-electron chi connectivity index (χ2n) is 3.36. The Labute approximate surface area is 99.7 Å². The number of nitrogens with two attached hydrogens (primary N) is 1. The van der Waals surface area contributed by atoms with Crippen molar-refractivity contribution in [3.63, 3.8) is 0 Å². The molecule has 3 rings (SSSR count). The van der Waals surface area contributed by atoms with Crippen LogP contribution in [0.25, 0.3) is 21.7 Å². The van der Waals surface area contributed by atoms with E-state index in [1.54, 1.807) is 28.2 Å². The number of thiazole rings is 1. The molecule has 82 valence electrons. The number of hydrogen-bond acceptors (Lipinski definition) is 6. The fourth-order valence-corrected chi connectivity index (χ4v) is 3.22. The molecule has 0 saturated carbocycles. The fourth-order valence-electron chi connectivity index (χ4n) is 1.61. The molecule has 2 N–H and O–H groups in total. The summed E-state index contributed by atoms with van der Waals surface area (Å²) >= 11 is 3.18. The zero-order valence-corrected chi connectivity index (χ0v) is 10.2. The first-order valence-electron chi connectivity index (χ1n) is 4.86. The van der Waals surface area contributed by atoms with Crippen LogP contribution in [0.4, 0.5) is 5.69 Å². The third-order valence-corrected chi connectivity index (χ3v) is 4.34. The topological polar surface area (TPSA) is 64.9 Å². The molecule has 0 saturated heterocycles. The lowest BCUT2D eigenvalue weighted by Gasteiger charge is -1.90. The summed E-state index contributed by atoms with van der Waals surface area (Å²) < 4.78 is 6.29. The van der Waals surface area contributed by atoms with E-state index in [1.165, 1.54) is 0 Å². The number of nitrogen functional groups attached to an aromatic ring is 1. The van der Waals surface area contributed by atoms with Crippen LogP contribution in [0.5, 0.6) is 0 Å². The number of fused-ring (bicyclic) bond motifs is 1. The van der Waals surface area contributed by atoms with Crippen molar-refractivity contribution in [3.05, 3.63) is 15.8 Å². The van der Waals surface area contributed by atoms with Crippen molar-refractivity contribution < 1.29 is 4.52 Å². The molecule has 0 bridgehead atoms. The third kappa shape index (κ3) is 1.27. The highest BCUT2D eigenvalue weighted by Crippen LogP contribution is 2.39. The fraction of sp³-hybridized carbons (Fsp3) is 0.200. The average molecular weight is 251 g/mol. The number of aryl methyl sites for hydroxylation is 1. The van der Waals surface area contributed by atoms with Crippen LogP contribution in [-0.4, -0.2) is 10.1 Å². The minimum atomic E-state index is 0.699. The van der Waals surface area contributed by atoms with Crippen molar-refractivity contribution in [2.75, 3.05) is 5.73 Å². The Morgan fingerprint density at radius 2 is 2.38 bits per heavy atom. The first-order valence-corrected chi connectivity index (χ1v) is 6.62. The number of thiophene rings is 1. The minimum Gasteiger partial charge on any atom is -0.395 e. The van der Waals surface area contributed by atoms with Gasteiger partial charge in [0.15, 0.2) is 5.69 Å². The average Bonchev–Trinajstić information content (AvgIpc) is 2.96. The summed E-state index contributed by atoms with van der Waals surface area (Å²) in [6.45, 7) is 2.08. The van der Waals surface area contributed by atoms with Crippen LogP contribution in [-0.2, 0) is 6.42 Å². The Kier molecular flexibility index (Phi) is 2.19.